The molecular formula is C14H13N3O5S. The lowest BCUT2D eigenvalue weighted by Crippen LogP contribution is -2.33. The number of aryl methyl sites for hydroxylation is 1. The number of nitrogens with two attached hydrogens (primary N) is 1. The number of rotatable bonds is 4. The maximum atomic E-state index is 12.3. The Morgan fingerprint density at radius 1 is 1.22 bits per heavy atom. The summed E-state index contributed by atoms with van der Waals surface area (Å²) in [5, 5.41) is 10.7. The Hall–Kier alpha value is -2.78. The second-order valence-electron chi connectivity index (χ2n) is 4.76. The van der Waals surface area contributed by atoms with Gasteiger partial charge < -0.3 is 0 Å². The first-order valence-electron chi connectivity index (χ1n) is 6.38. The van der Waals surface area contributed by atoms with E-state index in [9.17, 15) is 23.3 Å². The van der Waals surface area contributed by atoms with Crippen molar-refractivity contribution >= 4 is 15.8 Å². The molecule has 0 aliphatic heterocycles. The molecule has 0 saturated carbocycles. The minimum Gasteiger partial charge on any atom is -0.289 e. The number of nitrogens with zero attached hydrogens (tertiary/aromatic N) is 2. The predicted octanol–water partition coefficient (Wildman–Crippen LogP) is 1.04. The number of carbonyl (C=O) groups excluding carboxylic acids is 1. The zero-order valence-corrected chi connectivity index (χ0v) is 12.9. The van der Waals surface area contributed by atoms with Gasteiger partial charge in [0.25, 0.3) is 15.7 Å². The minimum atomic E-state index is -4.06. The maximum Gasteiger partial charge on any atom is 0.277 e. The number of carbonyl (C=O) groups is 1. The number of ketones is 1. The molecular weight excluding hydrogens is 322 g/mol. The van der Waals surface area contributed by atoms with E-state index in [1.54, 1.807) is 19.1 Å². The highest BCUT2D eigenvalue weighted by Crippen LogP contribution is 2.18. The van der Waals surface area contributed by atoms with Crippen LogP contribution in [0.4, 0.5) is 0 Å². The molecule has 1 aromatic rings. The largest absolute Gasteiger partial charge is 0.289 e. The molecule has 0 unspecified atom stereocenters. The van der Waals surface area contributed by atoms with Gasteiger partial charge in [-0.15, -0.1) is 0 Å². The van der Waals surface area contributed by atoms with Crippen molar-refractivity contribution in [2.75, 3.05) is 0 Å². The fourth-order valence-electron chi connectivity index (χ4n) is 1.79. The maximum absolute atomic E-state index is 12.3. The van der Waals surface area contributed by atoms with Crippen molar-refractivity contribution in [2.45, 2.75) is 11.8 Å². The zero-order valence-electron chi connectivity index (χ0n) is 12.0. The van der Waals surface area contributed by atoms with Gasteiger partial charge in [0.2, 0.25) is 0 Å². The van der Waals surface area contributed by atoms with Gasteiger partial charge in [-0.1, -0.05) is 17.7 Å². The van der Waals surface area contributed by atoms with Crippen LogP contribution in [0.5, 0.6) is 0 Å². The van der Waals surface area contributed by atoms with E-state index >= 15 is 0 Å². The van der Waals surface area contributed by atoms with E-state index in [1.165, 1.54) is 12.1 Å². The number of hydrogen-bond donors (Lipinski definition) is 1. The Morgan fingerprint density at radius 2 is 1.83 bits per heavy atom. The summed E-state index contributed by atoms with van der Waals surface area (Å²) in [5.74, 6) is 4.95. The van der Waals surface area contributed by atoms with Gasteiger partial charge in [0.1, 0.15) is 0 Å². The first kappa shape index (κ1) is 16.6. The quantitative estimate of drug-likeness (QED) is 0.379. The van der Waals surface area contributed by atoms with Crippen LogP contribution < -0.4 is 5.84 Å². The summed E-state index contributed by atoms with van der Waals surface area (Å²) in [4.78, 5) is 21.7. The van der Waals surface area contributed by atoms with Gasteiger partial charge in [-0.25, -0.2) is 10.3 Å². The second-order valence-corrected chi connectivity index (χ2v) is 6.60. The van der Waals surface area contributed by atoms with Gasteiger partial charge in [-0.3, -0.25) is 14.9 Å². The molecule has 2 N–H and O–H groups in total. The molecule has 2 rings (SSSR count). The molecule has 1 aliphatic rings. The topological polar surface area (TPSA) is 124 Å². The van der Waals surface area contributed by atoms with Crippen molar-refractivity contribution in [3.8, 4) is 0 Å². The predicted molar refractivity (Wildman–Crippen MR) is 81.7 cm³/mol. The molecule has 120 valence electrons. The summed E-state index contributed by atoms with van der Waals surface area (Å²) in [6, 6.07) is 5.97. The SMILES string of the molecule is Cc1ccc(S(=O)(=O)N(N)C=C2C=C([N+](=O)[O-])C=CC2=O)cc1. The Bertz CT molecular complexity index is 851. The smallest absolute Gasteiger partial charge is 0.277 e. The van der Waals surface area contributed by atoms with Crippen LogP contribution in [-0.2, 0) is 14.8 Å². The van der Waals surface area contributed by atoms with E-state index in [-0.39, 0.29) is 16.2 Å². The first-order chi connectivity index (χ1) is 10.7. The number of hydrazine groups is 1. The summed E-state index contributed by atoms with van der Waals surface area (Å²) in [6.07, 6.45) is 3.84. The van der Waals surface area contributed by atoms with E-state index in [4.69, 9.17) is 5.84 Å². The van der Waals surface area contributed by atoms with E-state index < -0.39 is 20.7 Å². The Labute approximate surface area is 132 Å². The van der Waals surface area contributed by atoms with Gasteiger partial charge in [-0.05, 0) is 25.1 Å². The molecule has 0 aromatic heterocycles. The average molecular weight is 335 g/mol. The Kier molecular flexibility index (Phi) is 4.43. The number of hydrogen-bond acceptors (Lipinski definition) is 6. The van der Waals surface area contributed by atoms with Crippen LogP contribution in [0.25, 0.3) is 0 Å². The van der Waals surface area contributed by atoms with Crippen molar-refractivity contribution in [3.63, 3.8) is 0 Å². The van der Waals surface area contributed by atoms with Crippen molar-refractivity contribution in [1.29, 1.82) is 0 Å². The molecule has 0 radical (unpaired) electrons. The molecule has 0 heterocycles. The molecule has 0 saturated heterocycles. The second kappa shape index (κ2) is 6.15. The van der Waals surface area contributed by atoms with Gasteiger partial charge in [0, 0.05) is 23.9 Å². The highest BCUT2D eigenvalue weighted by Gasteiger charge is 2.23. The van der Waals surface area contributed by atoms with Crippen molar-refractivity contribution in [1.82, 2.24) is 4.41 Å². The molecule has 9 heteroatoms. The molecule has 1 aromatic carbocycles. The molecule has 0 bridgehead atoms. The van der Waals surface area contributed by atoms with E-state index in [1.807, 2.05) is 0 Å². The molecule has 0 spiro atoms. The number of benzene rings is 1. The normalized spacial score (nSPS) is 16.3. The van der Waals surface area contributed by atoms with Gasteiger partial charge >= 0.3 is 0 Å². The van der Waals surface area contributed by atoms with Crippen molar-refractivity contribution in [2.24, 2.45) is 5.84 Å². The van der Waals surface area contributed by atoms with Gasteiger partial charge in [0.05, 0.1) is 9.82 Å². The molecule has 1 aliphatic carbocycles. The fourth-order valence-corrected chi connectivity index (χ4v) is 2.76. The lowest BCUT2D eigenvalue weighted by atomic mass is 10.1. The van der Waals surface area contributed by atoms with Crippen LogP contribution in [0.2, 0.25) is 0 Å². The number of sulfonamides is 1. The molecule has 0 fully saturated rings. The van der Waals surface area contributed by atoms with Crippen LogP contribution in [0.3, 0.4) is 0 Å². The van der Waals surface area contributed by atoms with E-state index in [2.05, 4.69) is 0 Å². The average Bonchev–Trinajstić information content (AvgIpc) is 2.49. The van der Waals surface area contributed by atoms with Crippen molar-refractivity contribution < 1.29 is 18.1 Å². The minimum absolute atomic E-state index is 0.0558. The number of allylic oxidation sites excluding steroid dienone is 4. The molecule has 0 amide bonds. The molecule has 23 heavy (non-hydrogen) atoms. The van der Waals surface area contributed by atoms with Crippen LogP contribution in [0, 0.1) is 17.0 Å². The fraction of sp³-hybridized carbons (Fsp3) is 0.0714. The summed E-state index contributed by atoms with van der Waals surface area (Å²) >= 11 is 0. The van der Waals surface area contributed by atoms with Gasteiger partial charge in [0.15, 0.2) is 5.78 Å². The lowest BCUT2D eigenvalue weighted by molar-refractivity contribution is -0.419. The monoisotopic (exact) mass is 335 g/mol. The number of nitro groups is 1. The van der Waals surface area contributed by atoms with Crippen LogP contribution in [-0.4, -0.2) is 23.5 Å². The van der Waals surface area contributed by atoms with Gasteiger partial charge in [-0.2, -0.15) is 8.42 Å². The lowest BCUT2D eigenvalue weighted by Gasteiger charge is -2.16. The first-order valence-corrected chi connectivity index (χ1v) is 7.82. The van der Waals surface area contributed by atoms with E-state index in [0.717, 1.165) is 30.0 Å². The Morgan fingerprint density at radius 3 is 2.39 bits per heavy atom. The third kappa shape index (κ3) is 3.52. The zero-order chi connectivity index (χ0) is 17.2. The highest BCUT2D eigenvalue weighted by molar-refractivity contribution is 7.89. The summed E-state index contributed by atoms with van der Waals surface area (Å²) in [6.45, 7) is 1.80. The van der Waals surface area contributed by atoms with Crippen LogP contribution in [0.1, 0.15) is 5.56 Å². The van der Waals surface area contributed by atoms with Crippen LogP contribution >= 0.6 is 0 Å². The summed E-state index contributed by atoms with van der Waals surface area (Å²) in [5.41, 5.74) is 0.339. The standard InChI is InChI=1S/C14H13N3O5S/c1-10-2-5-13(6-3-10)23(21,22)16(15)9-11-8-12(17(19)20)4-7-14(11)18/h2-9H,15H2,1H3. The third-order valence-corrected chi connectivity index (χ3v) is 4.60. The highest BCUT2D eigenvalue weighted by atomic mass is 32.2. The molecule has 0 atom stereocenters. The molecule has 8 nitrogen and oxygen atoms in total. The van der Waals surface area contributed by atoms with Crippen molar-refractivity contribution in [3.05, 3.63) is 75.6 Å². The van der Waals surface area contributed by atoms with E-state index in [0.29, 0.717) is 4.41 Å². The van der Waals surface area contributed by atoms with Crippen LogP contribution in [0.15, 0.2) is 64.9 Å². The summed E-state index contributed by atoms with van der Waals surface area (Å²) in [7, 11) is -4.06. The summed E-state index contributed by atoms with van der Waals surface area (Å²) < 4.78 is 25.0. The Balaban J connectivity index is 2.38. The third-order valence-electron chi connectivity index (χ3n) is 3.07.